The highest BCUT2D eigenvalue weighted by Gasteiger charge is 2.21. The molecule has 1 aromatic heterocycles. The zero-order chi connectivity index (χ0) is 16.3. The molecule has 1 aromatic carbocycles. The van der Waals surface area contributed by atoms with Gasteiger partial charge in [-0.1, -0.05) is 12.1 Å². The highest BCUT2D eigenvalue weighted by molar-refractivity contribution is 5.97. The summed E-state index contributed by atoms with van der Waals surface area (Å²) in [6.45, 7) is 7.33. The maximum absolute atomic E-state index is 11.8. The molecule has 0 atom stereocenters. The number of hydrogen-bond donors (Lipinski definition) is 2. The Balaban J connectivity index is 2.09. The summed E-state index contributed by atoms with van der Waals surface area (Å²) in [6.07, 6.45) is 1.55. The smallest absolute Gasteiger partial charge is 0.243 e. The Morgan fingerprint density at radius 3 is 2.55 bits per heavy atom. The van der Waals surface area contributed by atoms with Crippen molar-refractivity contribution in [3.8, 4) is 11.6 Å². The van der Waals surface area contributed by atoms with Crippen LogP contribution in [0.4, 0.5) is 5.69 Å². The van der Waals surface area contributed by atoms with Gasteiger partial charge in [-0.05, 0) is 51.0 Å². The van der Waals surface area contributed by atoms with Gasteiger partial charge in [0.25, 0.3) is 0 Å². The SMILES string of the molecule is Cc1cccc(Oc2ccc(NC(=O)C(C)(C)N)cn2)c1C. The number of ether oxygens (including phenoxy) is 1. The molecule has 1 heterocycles. The predicted octanol–water partition coefficient (Wildman–Crippen LogP) is 3.17. The topological polar surface area (TPSA) is 77.2 Å². The van der Waals surface area contributed by atoms with E-state index in [-0.39, 0.29) is 5.91 Å². The molecule has 0 spiro atoms. The van der Waals surface area contributed by atoms with Gasteiger partial charge in [0, 0.05) is 6.07 Å². The average molecular weight is 299 g/mol. The van der Waals surface area contributed by atoms with E-state index in [1.807, 2.05) is 32.0 Å². The summed E-state index contributed by atoms with van der Waals surface area (Å²) in [5, 5.41) is 2.71. The third-order valence-electron chi connectivity index (χ3n) is 3.35. The molecule has 0 fully saturated rings. The number of nitrogens with zero attached hydrogens (tertiary/aromatic N) is 1. The summed E-state index contributed by atoms with van der Waals surface area (Å²) in [5.41, 5.74) is 7.61. The van der Waals surface area contributed by atoms with Crippen LogP contribution < -0.4 is 15.8 Å². The van der Waals surface area contributed by atoms with Gasteiger partial charge >= 0.3 is 0 Å². The standard InChI is InChI=1S/C17H21N3O2/c1-11-6-5-7-14(12(11)2)22-15-9-8-13(10-19-15)20-16(21)17(3,4)18/h5-10H,18H2,1-4H3,(H,20,21). The van der Waals surface area contributed by atoms with E-state index >= 15 is 0 Å². The first-order chi connectivity index (χ1) is 10.3. The number of nitrogens with two attached hydrogens (primary N) is 1. The van der Waals surface area contributed by atoms with Crippen LogP contribution in [0.25, 0.3) is 0 Å². The fourth-order valence-corrected chi connectivity index (χ4v) is 1.75. The molecule has 0 aliphatic heterocycles. The quantitative estimate of drug-likeness (QED) is 0.909. The summed E-state index contributed by atoms with van der Waals surface area (Å²) < 4.78 is 5.77. The van der Waals surface area contributed by atoms with E-state index in [0.717, 1.165) is 16.9 Å². The summed E-state index contributed by atoms with van der Waals surface area (Å²) in [4.78, 5) is 16.0. The van der Waals surface area contributed by atoms with E-state index in [9.17, 15) is 4.79 Å². The first-order valence-electron chi connectivity index (χ1n) is 7.08. The molecule has 2 aromatic rings. The van der Waals surface area contributed by atoms with E-state index in [2.05, 4.69) is 10.3 Å². The molecule has 0 aliphatic carbocycles. The molecular formula is C17H21N3O2. The maximum atomic E-state index is 11.8. The Labute approximate surface area is 130 Å². The van der Waals surface area contributed by atoms with Crippen molar-refractivity contribution in [1.82, 2.24) is 4.98 Å². The van der Waals surface area contributed by atoms with Crippen molar-refractivity contribution in [1.29, 1.82) is 0 Å². The molecule has 0 bridgehead atoms. The Morgan fingerprint density at radius 1 is 1.23 bits per heavy atom. The second-order valence-electron chi connectivity index (χ2n) is 5.86. The number of aryl methyl sites for hydroxylation is 1. The van der Waals surface area contributed by atoms with Gasteiger partial charge in [-0.2, -0.15) is 0 Å². The highest BCUT2D eigenvalue weighted by Crippen LogP contribution is 2.26. The summed E-state index contributed by atoms with van der Waals surface area (Å²) in [6, 6.07) is 9.31. The maximum Gasteiger partial charge on any atom is 0.243 e. The molecule has 0 aliphatic rings. The van der Waals surface area contributed by atoms with Crippen LogP contribution in [0.1, 0.15) is 25.0 Å². The van der Waals surface area contributed by atoms with E-state index in [0.29, 0.717) is 11.6 Å². The molecule has 1 amide bonds. The molecular weight excluding hydrogens is 278 g/mol. The second kappa shape index (κ2) is 6.15. The van der Waals surface area contributed by atoms with Gasteiger partial charge in [0.1, 0.15) is 5.75 Å². The molecule has 0 saturated carbocycles. The Hall–Kier alpha value is -2.40. The number of aromatic nitrogens is 1. The summed E-state index contributed by atoms with van der Waals surface area (Å²) in [7, 11) is 0. The van der Waals surface area contributed by atoms with Gasteiger partial charge in [0.15, 0.2) is 0 Å². The largest absolute Gasteiger partial charge is 0.439 e. The van der Waals surface area contributed by atoms with Gasteiger partial charge in [-0.3, -0.25) is 4.79 Å². The average Bonchev–Trinajstić information content (AvgIpc) is 2.45. The van der Waals surface area contributed by atoms with Crippen LogP contribution in [-0.4, -0.2) is 16.4 Å². The number of rotatable bonds is 4. The molecule has 0 saturated heterocycles. The van der Waals surface area contributed by atoms with E-state index in [4.69, 9.17) is 10.5 Å². The first kappa shape index (κ1) is 16.0. The number of anilines is 1. The minimum absolute atomic E-state index is 0.266. The van der Waals surface area contributed by atoms with Crippen LogP contribution in [0.15, 0.2) is 36.5 Å². The number of amides is 1. The highest BCUT2D eigenvalue weighted by atomic mass is 16.5. The van der Waals surface area contributed by atoms with Crippen molar-refractivity contribution in [2.75, 3.05) is 5.32 Å². The van der Waals surface area contributed by atoms with Crippen LogP contribution in [-0.2, 0) is 4.79 Å². The van der Waals surface area contributed by atoms with Gasteiger partial charge < -0.3 is 15.8 Å². The zero-order valence-corrected chi connectivity index (χ0v) is 13.3. The fraction of sp³-hybridized carbons (Fsp3) is 0.294. The number of pyridine rings is 1. The third-order valence-corrected chi connectivity index (χ3v) is 3.35. The number of carbonyl (C=O) groups excluding carboxylic acids is 1. The number of benzene rings is 1. The molecule has 2 rings (SSSR count). The summed E-state index contributed by atoms with van der Waals surface area (Å²) >= 11 is 0. The normalized spacial score (nSPS) is 11.1. The monoisotopic (exact) mass is 299 g/mol. The molecule has 22 heavy (non-hydrogen) atoms. The van der Waals surface area contributed by atoms with Crippen LogP contribution in [0, 0.1) is 13.8 Å². The van der Waals surface area contributed by atoms with Crippen LogP contribution in [0.3, 0.4) is 0 Å². The van der Waals surface area contributed by atoms with Crippen molar-refractivity contribution in [2.45, 2.75) is 33.2 Å². The second-order valence-corrected chi connectivity index (χ2v) is 5.86. The van der Waals surface area contributed by atoms with Crippen molar-refractivity contribution in [2.24, 2.45) is 5.73 Å². The first-order valence-corrected chi connectivity index (χ1v) is 7.08. The molecule has 0 radical (unpaired) electrons. The zero-order valence-electron chi connectivity index (χ0n) is 13.3. The lowest BCUT2D eigenvalue weighted by atomic mass is 10.1. The minimum Gasteiger partial charge on any atom is -0.439 e. The predicted molar refractivity (Wildman–Crippen MR) is 87.1 cm³/mol. The van der Waals surface area contributed by atoms with Crippen LogP contribution >= 0.6 is 0 Å². The van der Waals surface area contributed by atoms with Crippen molar-refractivity contribution < 1.29 is 9.53 Å². The van der Waals surface area contributed by atoms with Gasteiger partial charge in [0.2, 0.25) is 11.8 Å². The van der Waals surface area contributed by atoms with Crippen LogP contribution in [0.2, 0.25) is 0 Å². The van der Waals surface area contributed by atoms with E-state index in [1.54, 1.807) is 32.2 Å². The number of nitrogens with one attached hydrogen (secondary N) is 1. The van der Waals surface area contributed by atoms with Gasteiger partial charge in [0.05, 0.1) is 17.4 Å². The Morgan fingerprint density at radius 2 is 1.95 bits per heavy atom. The van der Waals surface area contributed by atoms with E-state index < -0.39 is 5.54 Å². The number of hydrogen-bond acceptors (Lipinski definition) is 4. The summed E-state index contributed by atoms with van der Waals surface area (Å²) in [5.74, 6) is 0.976. The van der Waals surface area contributed by atoms with Crippen molar-refractivity contribution >= 4 is 11.6 Å². The molecule has 0 unspecified atom stereocenters. The lowest BCUT2D eigenvalue weighted by molar-refractivity contribution is -0.120. The molecule has 116 valence electrons. The molecule has 5 heteroatoms. The van der Waals surface area contributed by atoms with Gasteiger partial charge in [-0.25, -0.2) is 4.98 Å². The van der Waals surface area contributed by atoms with E-state index in [1.165, 1.54) is 0 Å². The Bertz CT molecular complexity index is 673. The molecule has 3 N–H and O–H groups in total. The lowest BCUT2D eigenvalue weighted by Crippen LogP contribution is -2.45. The lowest BCUT2D eigenvalue weighted by Gasteiger charge is -2.17. The van der Waals surface area contributed by atoms with Crippen molar-refractivity contribution in [3.05, 3.63) is 47.7 Å². The third kappa shape index (κ3) is 3.83. The molecule has 5 nitrogen and oxygen atoms in total. The minimum atomic E-state index is -0.937. The van der Waals surface area contributed by atoms with Crippen LogP contribution in [0.5, 0.6) is 11.6 Å². The number of carbonyl (C=O) groups is 1. The van der Waals surface area contributed by atoms with Gasteiger partial charge in [-0.15, -0.1) is 0 Å². The Kier molecular flexibility index (Phi) is 4.47. The fourth-order valence-electron chi connectivity index (χ4n) is 1.75. The van der Waals surface area contributed by atoms with Crippen molar-refractivity contribution in [3.63, 3.8) is 0 Å².